The minimum atomic E-state index is -0.550. The van der Waals surface area contributed by atoms with E-state index < -0.39 is 11.2 Å². The second-order valence-corrected chi connectivity index (χ2v) is 9.61. The summed E-state index contributed by atoms with van der Waals surface area (Å²) in [4.78, 5) is 27.9. The summed E-state index contributed by atoms with van der Waals surface area (Å²) >= 11 is 4.67. The van der Waals surface area contributed by atoms with Gasteiger partial charge in [0.1, 0.15) is 22.4 Å². The number of thioether (sulfide) groups is 1. The summed E-state index contributed by atoms with van der Waals surface area (Å²) < 4.78 is 6.20. The summed E-state index contributed by atoms with van der Waals surface area (Å²) in [6.45, 7) is 2.11. The van der Waals surface area contributed by atoms with E-state index in [0.717, 1.165) is 15.6 Å². The third kappa shape index (κ3) is 5.21. The average Bonchev–Trinajstić information content (AvgIpc) is 3.44. The summed E-state index contributed by atoms with van der Waals surface area (Å²) in [5, 5.41) is 12.5. The van der Waals surface area contributed by atoms with Gasteiger partial charge in [0, 0.05) is 10.2 Å². The van der Waals surface area contributed by atoms with E-state index in [0.29, 0.717) is 22.9 Å². The number of nitriles is 1. The van der Waals surface area contributed by atoms with Crippen LogP contribution >= 0.6 is 27.7 Å². The summed E-state index contributed by atoms with van der Waals surface area (Å²) in [7, 11) is 0. The zero-order valence-corrected chi connectivity index (χ0v) is 20.2. The van der Waals surface area contributed by atoms with Crippen LogP contribution in [0.3, 0.4) is 0 Å². The maximum atomic E-state index is 13.5. The van der Waals surface area contributed by atoms with E-state index in [2.05, 4.69) is 21.2 Å². The lowest BCUT2D eigenvalue weighted by atomic mass is 10.1. The highest BCUT2D eigenvalue weighted by molar-refractivity contribution is 9.10. The number of benzene rings is 2. The molecule has 4 rings (SSSR count). The molecule has 0 spiro atoms. The predicted molar refractivity (Wildman–Crippen MR) is 131 cm³/mol. The maximum Gasteiger partial charge on any atom is 0.265 e. The molecule has 1 aliphatic rings. The Bertz CT molecular complexity index is 1230. The smallest absolute Gasteiger partial charge is 0.265 e. The lowest BCUT2D eigenvalue weighted by Crippen LogP contribution is -2.32. The molecule has 2 heterocycles. The van der Waals surface area contributed by atoms with Gasteiger partial charge in [-0.05, 0) is 55.3 Å². The van der Waals surface area contributed by atoms with Gasteiger partial charge >= 0.3 is 0 Å². The van der Waals surface area contributed by atoms with Gasteiger partial charge in [0.05, 0.1) is 18.1 Å². The molecule has 0 saturated carbocycles. The van der Waals surface area contributed by atoms with Crippen molar-refractivity contribution in [2.75, 3.05) is 4.90 Å². The van der Waals surface area contributed by atoms with Crippen LogP contribution in [0.4, 0.5) is 5.69 Å². The van der Waals surface area contributed by atoms with Crippen molar-refractivity contribution in [1.82, 2.24) is 5.32 Å². The third-order valence-corrected chi connectivity index (χ3v) is 6.93. The van der Waals surface area contributed by atoms with E-state index >= 15 is 0 Å². The molecular weight excluding hydrogens is 502 g/mol. The fourth-order valence-corrected chi connectivity index (χ4v) is 4.99. The van der Waals surface area contributed by atoms with Gasteiger partial charge in [0.2, 0.25) is 5.91 Å². The lowest BCUT2D eigenvalue weighted by molar-refractivity contribution is -0.117. The van der Waals surface area contributed by atoms with Crippen LogP contribution in [0.15, 0.2) is 86.4 Å². The Hall–Kier alpha value is -3.28. The monoisotopic (exact) mass is 521 g/mol. The Kier molecular flexibility index (Phi) is 7.02. The Labute approximate surface area is 204 Å². The molecule has 1 atom stereocenters. The molecule has 2 aromatic carbocycles. The van der Waals surface area contributed by atoms with Crippen LogP contribution < -0.4 is 10.2 Å². The lowest BCUT2D eigenvalue weighted by Gasteiger charge is -2.19. The Morgan fingerprint density at radius 1 is 1.18 bits per heavy atom. The van der Waals surface area contributed by atoms with Crippen LogP contribution in [0.5, 0.6) is 0 Å². The van der Waals surface area contributed by atoms with E-state index in [9.17, 15) is 14.9 Å². The van der Waals surface area contributed by atoms with E-state index in [1.165, 1.54) is 22.9 Å². The molecule has 1 saturated heterocycles. The Morgan fingerprint density at radius 2 is 1.91 bits per heavy atom. The van der Waals surface area contributed by atoms with Crippen molar-refractivity contribution in [2.24, 2.45) is 0 Å². The molecule has 0 bridgehead atoms. The number of nitrogens with one attached hydrogen (secondary N) is 1. The summed E-state index contributed by atoms with van der Waals surface area (Å²) in [6.07, 6.45) is 2.00. The van der Waals surface area contributed by atoms with Gasteiger partial charge in [-0.1, -0.05) is 57.5 Å². The number of hydrogen-bond acceptors (Lipinski definition) is 5. The SMILES string of the molecule is Cc1ccc(N2C(=O)C(Cc3ccc(Br)cc3)S/C2=C(/C#N)C(=O)NCc2ccco2)cc1. The van der Waals surface area contributed by atoms with Gasteiger partial charge in [-0.25, -0.2) is 0 Å². The van der Waals surface area contributed by atoms with Crippen LogP contribution in [0.1, 0.15) is 16.9 Å². The number of nitrogens with zero attached hydrogens (tertiary/aromatic N) is 2. The number of hydrogen-bond donors (Lipinski definition) is 1. The third-order valence-electron chi connectivity index (χ3n) is 5.14. The fraction of sp³-hybridized carbons (Fsp3) is 0.160. The first kappa shape index (κ1) is 22.9. The number of halogens is 1. The van der Waals surface area contributed by atoms with Gasteiger partial charge in [0.15, 0.2) is 0 Å². The van der Waals surface area contributed by atoms with Crippen LogP contribution in [0, 0.1) is 18.3 Å². The molecule has 6 nitrogen and oxygen atoms in total. The molecule has 1 aliphatic heterocycles. The molecular formula is C25H20BrN3O3S. The fourth-order valence-electron chi connectivity index (χ4n) is 3.42. The van der Waals surface area contributed by atoms with E-state index in [-0.39, 0.29) is 18.0 Å². The zero-order chi connectivity index (χ0) is 23.4. The second kappa shape index (κ2) is 10.1. The molecule has 1 N–H and O–H groups in total. The van der Waals surface area contributed by atoms with Crippen molar-refractivity contribution < 1.29 is 14.0 Å². The topological polar surface area (TPSA) is 86.3 Å². The van der Waals surface area contributed by atoms with E-state index in [1.807, 2.05) is 61.5 Å². The van der Waals surface area contributed by atoms with Crippen LogP contribution in [0.25, 0.3) is 0 Å². The highest BCUT2D eigenvalue weighted by Gasteiger charge is 2.40. The largest absolute Gasteiger partial charge is 0.467 e. The number of amides is 2. The molecule has 1 aromatic heterocycles. The first-order chi connectivity index (χ1) is 16.0. The number of anilines is 1. The number of carbonyl (C=O) groups excluding carboxylic acids is 2. The Balaban J connectivity index is 1.67. The molecule has 3 aromatic rings. The van der Waals surface area contributed by atoms with Gasteiger partial charge in [-0.2, -0.15) is 5.26 Å². The molecule has 2 amide bonds. The minimum Gasteiger partial charge on any atom is -0.467 e. The maximum absolute atomic E-state index is 13.5. The van der Waals surface area contributed by atoms with Crippen LogP contribution in [0.2, 0.25) is 0 Å². The van der Waals surface area contributed by atoms with Gasteiger partial charge in [-0.3, -0.25) is 14.5 Å². The predicted octanol–water partition coefficient (Wildman–Crippen LogP) is 5.09. The summed E-state index contributed by atoms with van der Waals surface area (Å²) in [5.74, 6) is -0.136. The van der Waals surface area contributed by atoms with Crippen LogP contribution in [-0.2, 0) is 22.6 Å². The molecule has 0 aliphatic carbocycles. The minimum absolute atomic E-state index is 0.0983. The van der Waals surface area contributed by atoms with Crippen LogP contribution in [-0.4, -0.2) is 17.1 Å². The zero-order valence-electron chi connectivity index (χ0n) is 17.7. The standard InChI is InChI=1S/C25H20BrN3O3S/c1-16-4-10-19(11-5-16)29-24(31)22(13-17-6-8-18(26)9-7-17)33-25(29)21(14-27)23(30)28-15-20-3-2-12-32-20/h2-12,22H,13,15H2,1H3,(H,28,30)/b25-21-. The highest BCUT2D eigenvalue weighted by atomic mass is 79.9. The normalized spacial score (nSPS) is 17.1. The number of carbonyl (C=O) groups is 2. The van der Waals surface area contributed by atoms with E-state index in [4.69, 9.17) is 4.42 Å². The van der Waals surface area contributed by atoms with Crippen molar-refractivity contribution in [3.8, 4) is 6.07 Å². The first-order valence-corrected chi connectivity index (χ1v) is 11.9. The van der Waals surface area contributed by atoms with Gasteiger partial charge < -0.3 is 9.73 Å². The van der Waals surface area contributed by atoms with E-state index in [1.54, 1.807) is 12.1 Å². The highest BCUT2D eigenvalue weighted by Crippen LogP contribution is 2.42. The second-order valence-electron chi connectivity index (χ2n) is 7.50. The van der Waals surface area contributed by atoms with Crippen molar-refractivity contribution in [2.45, 2.75) is 25.1 Å². The molecule has 8 heteroatoms. The van der Waals surface area contributed by atoms with Gasteiger partial charge in [-0.15, -0.1) is 0 Å². The van der Waals surface area contributed by atoms with Gasteiger partial charge in [0.25, 0.3) is 5.91 Å². The first-order valence-electron chi connectivity index (χ1n) is 10.2. The summed E-state index contributed by atoms with van der Waals surface area (Å²) in [6, 6.07) is 20.7. The quantitative estimate of drug-likeness (QED) is 0.360. The number of rotatable bonds is 6. The summed E-state index contributed by atoms with van der Waals surface area (Å²) in [5.41, 5.74) is 2.57. The molecule has 0 radical (unpaired) electrons. The average molecular weight is 522 g/mol. The van der Waals surface area contributed by atoms with Crippen molar-refractivity contribution >= 4 is 45.2 Å². The number of aryl methyl sites for hydroxylation is 1. The van der Waals surface area contributed by atoms with Crippen molar-refractivity contribution in [3.05, 3.63) is 98.9 Å². The van der Waals surface area contributed by atoms with Crippen molar-refractivity contribution in [1.29, 1.82) is 5.26 Å². The number of furan rings is 1. The Morgan fingerprint density at radius 3 is 2.55 bits per heavy atom. The molecule has 166 valence electrons. The van der Waals surface area contributed by atoms with Crippen molar-refractivity contribution in [3.63, 3.8) is 0 Å². The molecule has 33 heavy (non-hydrogen) atoms. The molecule has 1 unspecified atom stereocenters. The molecule has 1 fully saturated rings.